The van der Waals surface area contributed by atoms with E-state index in [2.05, 4.69) is 64.9 Å². The Morgan fingerprint density at radius 3 is 2.36 bits per heavy atom. The van der Waals surface area contributed by atoms with E-state index in [0.29, 0.717) is 4.88 Å². The van der Waals surface area contributed by atoms with Crippen molar-refractivity contribution in [3.8, 4) is 0 Å². The molecule has 1 aliphatic heterocycles. The maximum absolute atomic E-state index is 13.8. The van der Waals surface area contributed by atoms with Crippen LogP contribution in [0.3, 0.4) is 0 Å². The second kappa shape index (κ2) is 12.4. The molecule has 3 aromatic heterocycles. The van der Waals surface area contributed by atoms with Crippen LogP contribution in [0, 0.1) is 11.8 Å². The molecule has 1 N–H and O–H groups in total. The van der Waals surface area contributed by atoms with E-state index in [1.54, 1.807) is 12.5 Å². The highest BCUT2D eigenvalue weighted by atomic mass is 32.1. The molecule has 42 heavy (non-hydrogen) atoms. The number of thiazole rings is 1. The Balaban J connectivity index is 1.60. The van der Waals surface area contributed by atoms with E-state index in [-0.39, 0.29) is 46.8 Å². The fraction of sp³-hybridized carbons (Fsp3) is 0.613. The van der Waals surface area contributed by atoms with Gasteiger partial charge in [-0.15, -0.1) is 11.3 Å². The zero-order chi connectivity index (χ0) is 31.0. The molecule has 0 saturated carbocycles. The van der Waals surface area contributed by atoms with Gasteiger partial charge in [0.1, 0.15) is 23.0 Å². The molecule has 0 aliphatic carbocycles. The van der Waals surface area contributed by atoms with Crippen LogP contribution in [0.4, 0.5) is 0 Å². The molecule has 0 spiro atoms. The van der Waals surface area contributed by atoms with Crippen LogP contribution in [-0.2, 0) is 13.6 Å². The Kier molecular flexibility index (Phi) is 9.69. The van der Waals surface area contributed by atoms with Crippen LogP contribution in [0.5, 0.6) is 0 Å². The van der Waals surface area contributed by atoms with Crippen molar-refractivity contribution in [2.75, 3.05) is 0 Å². The monoisotopic (exact) mass is 628 g/mol. The van der Waals surface area contributed by atoms with Crippen LogP contribution in [0.2, 0.25) is 36.3 Å². The Morgan fingerprint density at radius 2 is 1.81 bits per heavy atom. The zero-order valence-corrected chi connectivity index (χ0v) is 29.7. The first-order valence-corrected chi connectivity index (χ1v) is 21.5. The predicted octanol–water partition coefficient (Wildman–Crippen LogP) is 7.25. The minimum atomic E-state index is -2.07. The molecule has 1 fully saturated rings. The van der Waals surface area contributed by atoms with Crippen molar-refractivity contribution in [1.29, 1.82) is 0 Å². The molecule has 4 unspecified atom stereocenters. The fourth-order valence-corrected chi connectivity index (χ4v) is 10.9. The van der Waals surface area contributed by atoms with Gasteiger partial charge in [-0.25, -0.2) is 4.98 Å². The van der Waals surface area contributed by atoms with Gasteiger partial charge < -0.3 is 14.2 Å². The summed E-state index contributed by atoms with van der Waals surface area (Å²) in [5, 5.41) is 3.05. The largest absolute Gasteiger partial charge is 0.413 e. The molecular formula is C31H48N4O4SSi2. The maximum atomic E-state index is 13.8. The second-order valence-corrected chi connectivity index (χ2v) is 23.8. The summed E-state index contributed by atoms with van der Waals surface area (Å²) in [4.78, 5) is 37.3. The number of fused-ring (bicyclic) bond motifs is 1. The van der Waals surface area contributed by atoms with Crippen molar-refractivity contribution < 1.29 is 18.4 Å². The summed E-state index contributed by atoms with van der Waals surface area (Å²) >= 11 is 1.44. The lowest BCUT2D eigenvalue weighted by Gasteiger charge is -2.46. The second-order valence-electron chi connectivity index (χ2n) is 13.3. The molecular weight excluding hydrogens is 581 g/mol. The molecule has 230 valence electrons. The van der Waals surface area contributed by atoms with Gasteiger partial charge in [-0.05, 0) is 49.3 Å². The number of hydrogen-bond acceptors (Lipinski definition) is 7. The van der Waals surface area contributed by atoms with Gasteiger partial charge in [0, 0.05) is 30.1 Å². The van der Waals surface area contributed by atoms with E-state index < -0.39 is 16.6 Å². The standard InChI is InChI=1S/C31H48N4O4SSi2/c1-11-42(12-2,13-3)39-28(22-15-14-16-32-17-22)26-30-35(19-33-26)18-23(40-30)27(36)20(4)25-24(29(37)34-25)21(5)38-41(9,10)31(6,7)8/h14-21,24-25,28H,11-13H2,1-10H3,(H,34,37)/t20?,21-,24?,25?,28?/m1/s1. The van der Waals surface area contributed by atoms with Crippen molar-refractivity contribution in [2.45, 2.75) is 110 Å². The molecule has 1 amide bonds. The predicted molar refractivity (Wildman–Crippen MR) is 174 cm³/mol. The Hall–Kier alpha value is -2.19. The van der Waals surface area contributed by atoms with Crippen LogP contribution in [0.25, 0.3) is 4.83 Å². The highest BCUT2D eigenvalue weighted by molar-refractivity contribution is 7.19. The molecule has 0 radical (unpaired) electrons. The minimum Gasteiger partial charge on any atom is -0.413 e. The SMILES string of the molecule is CC[Si](CC)(CC)OC(c1cccnc1)c1ncn2cc(C(=O)C(C)C3NC(=O)C3[C@@H](C)O[Si](C)(C)C(C)(C)C)sc12. The topological polar surface area (TPSA) is 94.8 Å². The number of Topliss-reactive ketones (excluding diaryl/α,β-unsaturated/α-hetero) is 1. The van der Waals surface area contributed by atoms with E-state index >= 15 is 0 Å². The summed E-state index contributed by atoms with van der Waals surface area (Å²) in [5.41, 5.74) is 1.79. The first kappa shape index (κ1) is 32.7. The summed E-state index contributed by atoms with van der Waals surface area (Å²) in [6.45, 7) is 21.5. The van der Waals surface area contributed by atoms with Gasteiger partial charge >= 0.3 is 0 Å². The van der Waals surface area contributed by atoms with Gasteiger partial charge in [0.25, 0.3) is 0 Å². The first-order valence-electron chi connectivity index (χ1n) is 15.2. The zero-order valence-electron chi connectivity index (χ0n) is 26.9. The van der Waals surface area contributed by atoms with Gasteiger partial charge in [0.05, 0.1) is 22.9 Å². The summed E-state index contributed by atoms with van der Waals surface area (Å²) in [6.07, 6.45) is 6.65. The van der Waals surface area contributed by atoms with Crippen molar-refractivity contribution in [3.05, 3.63) is 53.2 Å². The highest BCUT2D eigenvalue weighted by Crippen LogP contribution is 2.41. The van der Waals surface area contributed by atoms with Crippen molar-refractivity contribution >= 4 is 44.5 Å². The Bertz CT molecular complexity index is 1390. The molecule has 0 bridgehead atoms. The Labute approximate surface area is 256 Å². The Morgan fingerprint density at radius 1 is 1.14 bits per heavy atom. The highest BCUT2D eigenvalue weighted by Gasteiger charge is 2.50. The van der Waals surface area contributed by atoms with Gasteiger partial charge in [-0.3, -0.25) is 19.0 Å². The van der Waals surface area contributed by atoms with Crippen LogP contribution in [-0.4, -0.2) is 54.8 Å². The lowest BCUT2D eigenvalue weighted by Crippen LogP contribution is -2.66. The number of ketones is 1. The fourth-order valence-electron chi connectivity index (χ4n) is 5.64. The van der Waals surface area contributed by atoms with E-state index in [4.69, 9.17) is 13.8 Å². The molecule has 8 nitrogen and oxygen atoms in total. The van der Waals surface area contributed by atoms with E-state index in [0.717, 1.165) is 34.2 Å². The van der Waals surface area contributed by atoms with Crippen molar-refractivity contribution in [1.82, 2.24) is 19.7 Å². The van der Waals surface area contributed by atoms with Gasteiger partial charge in [0.2, 0.25) is 5.91 Å². The number of rotatable bonds is 13. The average Bonchev–Trinajstić information content (AvgIpc) is 3.53. The first-order chi connectivity index (χ1) is 19.7. The van der Waals surface area contributed by atoms with Crippen LogP contribution < -0.4 is 5.32 Å². The van der Waals surface area contributed by atoms with Crippen molar-refractivity contribution in [2.24, 2.45) is 11.8 Å². The molecule has 4 heterocycles. The normalized spacial score (nSPS) is 20.2. The third-order valence-electron chi connectivity index (χ3n) is 9.76. The number of pyridine rings is 1. The lowest BCUT2D eigenvalue weighted by atomic mass is 9.77. The van der Waals surface area contributed by atoms with Gasteiger partial charge in [0.15, 0.2) is 22.4 Å². The minimum absolute atomic E-state index is 0.0161. The maximum Gasteiger partial charge on any atom is 0.228 e. The van der Waals surface area contributed by atoms with Crippen LogP contribution in [0.1, 0.15) is 82.4 Å². The van der Waals surface area contributed by atoms with Gasteiger partial charge in [-0.2, -0.15) is 0 Å². The smallest absolute Gasteiger partial charge is 0.228 e. The summed E-state index contributed by atoms with van der Waals surface area (Å²) < 4.78 is 15.5. The van der Waals surface area contributed by atoms with E-state index in [9.17, 15) is 9.59 Å². The third-order valence-corrected chi connectivity index (χ3v) is 20.1. The summed E-state index contributed by atoms with van der Waals surface area (Å²) in [7, 11) is -4.06. The number of carbonyl (C=O) groups excluding carboxylic acids is 2. The number of carbonyl (C=O) groups is 2. The number of imidazole rings is 1. The van der Waals surface area contributed by atoms with Gasteiger partial charge in [-0.1, -0.05) is 54.5 Å². The summed E-state index contributed by atoms with van der Waals surface area (Å²) in [6, 6.07) is 6.76. The van der Waals surface area contributed by atoms with Crippen LogP contribution in [0.15, 0.2) is 37.1 Å². The number of nitrogens with one attached hydrogen (secondary N) is 1. The molecule has 0 aromatic carbocycles. The molecule has 4 rings (SSSR count). The molecule has 3 aromatic rings. The quantitative estimate of drug-likeness (QED) is 0.122. The number of β-lactam (4-membered cyclic amide) rings is 1. The van der Waals surface area contributed by atoms with E-state index in [1.165, 1.54) is 11.3 Å². The van der Waals surface area contributed by atoms with E-state index in [1.807, 2.05) is 42.8 Å². The molecule has 1 aliphatic rings. The molecule has 5 atom stereocenters. The van der Waals surface area contributed by atoms with Crippen LogP contribution >= 0.6 is 11.3 Å². The lowest BCUT2D eigenvalue weighted by molar-refractivity contribution is -0.141. The molecule has 11 heteroatoms. The molecule has 1 saturated heterocycles. The third kappa shape index (κ3) is 6.21. The number of aromatic nitrogens is 3. The van der Waals surface area contributed by atoms with Crippen molar-refractivity contribution in [3.63, 3.8) is 0 Å². The number of amides is 1. The number of hydrogen-bond donors (Lipinski definition) is 1. The number of nitrogens with zero attached hydrogens (tertiary/aromatic N) is 3. The summed E-state index contributed by atoms with van der Waals surface area (Å²) in [5.74, 6) is -0.755. The average molecular weight is 629 g/mol.